The molecule has 0 amide bonds. The van der Waals surface area contributed by atoms with E-state index in [1.807, 2.05) is 31.2 Å². The molecular formula is C19H23N7. The maximum absolute atomic E-state index is 4.74. The van der Waals surface area contributed by atoms with E-state index >= 15 is 0 Å². The van der Waals surface area contributed by atoms with Gasteiger partial charge in [-0.25, -0.2) is 15.0 Å². The zero-order valence-corrected chi connectivity index (χ0v) is 14.9. The second kappa shape index (κ2) is 7.61. The normalized spacial score (nSPS) is 18.0. The number of piperidine rings is 1. The van der Waals surface area contributed by atoms with Crippen LogP contribution in [0.1, 0.15) is 42.5 Å². The van der Waals surface area contributed by atoms with Gasteiger partial charge in [0.2, 0.25) is 0 Å². The Hall–Kier alpha value is -2.80. The van der Waals surface area contributed by atoms with Crippen LogP contribution in [0, 0.1) is 6.92 Å². The fraction of sp³-hybridized carbons (Fsp3) is 0.368. The summed E-state index contributed by atoms with van der Waals surface area (Å²) in [5.41, 5.74) is 2.20. The molecule has 134 valence electrons. The molecule has 1 aliphatic heterocycles. The Morgan fingerprint density at radius 3 is 2.92 bits per heavy atom. The molecule has 1 atom stereocenters. The number of aromatic amines is 1. The minimum atomic E-state index is 0.290. The molecule has 0 aliphatic carbocycles. The maximum Gasteiger partial charge on any atom is 0.135 e. The molecule has 3 aromatic heterocycles. The predicted octanol–water partition coefficient (Wildman–Crippen LogP) is 3.37. The number of H-pyrrole nitrogens is 1. The smallest absolute Gasteiger partial charge is 0.135 e. The standard InChI is InChI=1S/C19H23N7/c1-14-22-16(12-19(23-14)24-18-7-2-4-9-20-18)17-6-3-5-11-26(17)13-15-8-10-21-25-15/h2,4,7-10,12,17H,3,5-6,11,13H2,1H3,(H,21,25)(H,20,22,23,24)/t17-/m1/s1. The summed E-state index contributed by atoms with van der Waals surface area (Å²) in [7, 11) is 0. The van der Waals surface area contributed by atoms with Gasteiger partial charge in [-0.05, 0) is 44.5 Å². The fourth-order valence-electron chi connectivity index (χ4n) is 3.50. The number of nitrogens with one attached hydrogen (secondary N) is 2. The van der Waals surface area contributed by atoms with Crippen LogP contribution in [0.4, 0.5) is 11.6 Å². The lowest BCUT2D eigenvalue weighted by atomic mass is 9.98. The molecule has 1 fully saturated rings. The number of likely N-dealkylation sites (tertiary alicyclic amines) is 1. The van der Waals surface area contributed by atoms with Crippen molar-refractivity contribution in [3.63, 3.8) is 0 Å². The van der Waals surface area contributed by atoms with E-state index in [0.29, 0.717) is 0 Å². The van der Waals surface area contributed by atoms with Crippen molar-refractivity contribution in [2.24, 2.45) is 0 Å². The van der Waals surface area contributed by atoms with Crippen molar-refractivity contribution in [3.8, 4) is 0 Å². The number of rotatable bonds is 5. The van der Waals surface area contributed by atoms with Crippen LogP contribution in [0.15, 0.2) is 42.7 Å². The summed E-state index contributed by atoms with van der Waals surface area (Å²) in [6, 6.07) is 10.2. The van der Waals surface area contributed by atoms with E-state index < -0.39 is 0 Å². The molecule has 2 N–H and O–H groups in total. The second-order valence-corrected chi connectivity index (χ2v) is 6.63. The molecule has 0 unspecified atom stereocenters. The summed E-state index contributed by atoms with van der Waals surface area (Å²) in [5.74, 6) is 2.35. The number of aromatic nitrogens is 5. The molecule has 3 aromatic rings. The Kier molecular flexibility index (Phi) is 4.88. The van der Waals surface area contributed by atoms with Crippen molar-refractivity contribution in [3.05, 3.63) is 59.9 Å². The molecule has 7 nitrogen and oxygen atoms in total. The lowest BCUT2D eigenvalue weighted by Gasteiger charge is -2.35. The Bertz CT molecular complexity index is 832. The first-order valence-corrected chi connectivity index (χ1v) is 9.04. The van der Waals surface area contributed by atoms with Crippen LogP contribution in [0.3, 0.4) is 0 Å². The van der Waals surface area contributed by atoms with Crippen molar-refractivity contribution in [1.29, 1.82) is 0 Å². The second-order valence-electron chi connectivity index (χ2n) is 6.63. The van der Waals surface area contributed by atoms with Gasteiger partial charge in [0, 0.05) is 30.7 Å². The molecule has 4 rings (SSSR count). The van der Waals surface area contributed by atoms with Crippen LogP contribution < -0.4 is 5.32 Å². The molecule has 0 bridgehead atoms. The topological polar surface area (TPSA) is 82.6 Å². The van der Waals surface area contributed by atoms with Gasteiger partial charge >= 0.3 is 0 Å². The monoisotopic (exact) mass is 349 g/mol. The molecule has 1 saturated heterocycles. The summed E-state index contributed by atoms with van der Waals surface area (Å²) in [6.45, 7) is 3.86. The van der Waals surface area contributed by atoms with Crippen molar-refractivity contribution in [2.75, 3.05) is 11.9 Å². The van der Waals surface area contributed by atoms with Gasteiger partial charge in [0.1, 0.15) is 17.5 Å². The van der Waals surface area contributed by atoms with E-state index in [4.69, 9.17) is 4.98 Å². The molecule has 26 heavy (non-hydrogen) atoms. The summed E-state index contributed by atoms with van der Waals surface area (Å²) in [4.78, 5) is 16.1. The van der Waals surface area contributed by atoms with Crippen LogP contribution >= 0.6 is 0 Å². The number of pyridine rings is 1. The SMILES string of the molecule is Cc1nc(Nc2ccccn2)cc([C@H]2CCCCN2Cc2ccn[nH]2)n1. The molecule has 7 heteroatoms. The number of hydrogen-bond acceptors (Lipinski definition) is 6. The lowest BCUT2D eigenvalue weighted by molar-refractivity contribution is 0.135. The highest BCUT2D eigenvalue weighted by Crippen LogP contribution is 2.32. The minimum absolute atomic E-state index is 0.290. The highest BCUT2D eigenvalue weighted by atomic mass is 15.2. The molecule has 0 radical (unpaired) electrons. The highest BCUT2D eigenvalue weighted by Gasteiger charge is 2.26. The highest BCUT2D eigenvalue weighted by molar-refractivity contribution is 5.51. The number of anilines is 2. The number of aryl methyl sites for hydroxylation is 1. The van der Waals surface area contributed by atoms with Gasteiger partial charge in [0.15, 0.2) is 0 Å². The van der Waals surface area contributed by atoms with Crippen LogP contribution in [0.2, 0.25) is 0 Å². The van der Waals surface area contributed by atoms with E-state index in [0.717, 1.165) is 48.4 Å². The summed E-state index contributed by atoms with van der Waals surface area (Å²) < 4.78 is 0. The molecule has 0 aromatic carbocycles. The van der Waals surface area contributed by atoms with Gasteiger partial charge in [0.05, 0.1) is 11.7 Å². The first-order chi connectivity index (χ1) is 12.8. The fourth-order valence-corrected chi connectivity index (χ4v) is 3.50. The Labute approximate surface area is 152 Å². The molecule has 0 spiro atoms. The van der Waals surface area contributed by atoms with Crippen molar-refractivity contribution < 1.29 is 0 Å². The molecule has 4 heterocycles. The van der Waals surface area contributed by atoms with Crippen molar-refractivity contribution in [1.82, 2.24) is 30.0 Å². The van der Waals surface area contributed by atoms with E-state index in [1.54, 1.807) is 12.4 Å². The van der Waals surface area contributed by atoms with Gasteiger partial charge in [0.25, 0.3) is 0 Å². The third-order valence-electron chi connectivity index (χ3n) is 4.67. The van der Waals surface area contributed by atoms with Gasteiger partial charge in [-0.3, -0.25) is 10.00 Å². The van der Waals surface area contributed by atoms with Gasteiger partial charge in [-0.2, -0.15) is 5.10 Å². The van der Waals surface area contributed by atoms with Crippen molar-refractivity contribution in [2.45, 2.75) is 38.8 Å². The number of hydrogen-bond donors (Lipinski definition) is 2. The Morgan fingerprint density at radius 2 is 2.12 bits per heavy atom. The third-order valence-corrected chi connectivity index (χ3v) is 4.67. The molecule has 0 saturated carbocycles. The average Bonchev–Trinajstić information content (AvgIpc) is 3.16. The average molecular weight is 349 g/mol. The van der Waals surface area contributed by atoms with E-state index in [2.05, 4.69) is 36.4 Å². The van der Waals surface area contributed by atoms with E-state index in [9.17, 15) is 0 Å². The van der Waals surface area contributed by atoms with Gasteiger partial charge in [-0.15, -0.1) is 0 Å². The largest absolute Gasteiger partial charge is 0.325 e. The van der Waals surface area contributed by atoms with Crippen molar-refractivity contribution >= 4 is 11.6 Å². The van der Waals surface area contributed by atoms with Crippen LogP contribution in [0.25, 0.3) is 0 Å². The zero-order valence-electron chi connectivity index (χ0n) is 14.9. The predicted molar refractivity (Wildman–Crippen MR) is 99.9 cm³/mol. The van der Waals surface area contributed by atoms with Crippen LogP contribution in [-0.2, 0) is 6.54 Å². The van der Waals surface area contributed by atoms with Crippen LogP contribution in [-0.4, -0.2) is 36.6 Å². The Balaban J connectivity index is 1.58. The van der Waals surface area contributed by atoms with E-state index in [1.165, 1.54) is 12.8 Å². The summed E-state index contributed by atoms with van der Waals surface area (Å²) in [5, 5.41) is 10.4. The molecule has 1 aliphatic rings. The Morgan fingerprint density at radius 1 is 1.15 bits per heavy atom. The minimum Gasteiger partial charge on any atom is -0.325 e. The van der Waals surface area contributed by atoms with E-state index in [-0.39, 0.29) is 6.04 Å². The first kappa shape index (κ1) is 16.7. The number of nitrogens with zero attached hydrogens (tertiary/aromatic N) is 5. The first-order valence-electron chi connectivity index (χ1n) is 9.04. The maximum atomic E-state index is 4.74. The zero-order chi connectivity index (χ0) is 17.8. The third kappa shape index (κ3) is 3.88. The summed E-state index contributed by atoms with van der Waals surface area (Å²) in [6.07, 6.45) is 7.11. The quantitative estimate of drug-likeness (QED) is 0.735. The summed E-state index contributed by atoms with van der Waals surface area (Å²) >= 11 is 0. The van der Waals surface area contributed by atoms with Crippen LogP contribution in [0.5, 0.6) is 0 Å². The lowest BCUT2D eigenvalue weighted by Crippen LogP contribution is -2.33. The molecular weight excluding hydrogens is 326 g/mol. The van der Waals surface area contributed by atoms with Gasteiger partial charge < -0.3 is 5.32 Å². The van der Waals surface area contributed by atoms with Gasteiger partial charge in [-0.1, -0.05) is 12.5 Å².